The van der Waals surface area contributed by atoms with Crippen LogP contribution in [0.3, 0.4) is 0 Å². The van der Waals surface area contributed by atoms with E-state index >= 15 is 0 Å². The number of aliphatic hydroxyl groups is 2. The first-order valence-electron chi connectivity index (χ1n) is 0.919. The second kappa shape index (κ2) is 2.10. The van der Waals surface area contributed by atoms with E-state index in [1.54, 1.807) is 0 Å². The molecule has 0 rings (SSSR count). The molecule has 5 heavy (non-hydrogen) atoms. The second-order valence-electron chi connectivity index (χ2n) is 0.423. The van der Waals surface area contributed by atoms with E-state index in [-0.39, 0.29) is 0 Å². The lowest BCUT2D eigenvalue weighted by Gasteiger charge is -1.86. The van der Waals surface area contributed by atoms with Gasteiger partial charge in [0.2, 0.25) is 0 Å². The molecule has 0 bridgehead atoms. The van der Waals surface area contributed by atoms with E-state index in [2.05, 4.69) is 4.89 Å². The fraction of sp³-hybridized carbons (Fsp3) is 1.00. The summed E-state index contributed by atoms with van der Waals surface area (Å²) < 4.78 is 0. The highest BCUT2D eigenvalue weighted by molar-refractivity contribution is 3.82. The highest BCUT2D eigenvalue weighted by Gasteiger charge is 1.87. The summed E-state index contributed by atoms with van der Waals surface area (Å²) >= 11 is 0. The molecule has 0 spiro atoms. The van der Waals surface area contributed by atoms with Gasteiger partial charge in [0.05, 0.1) is 0 Å². The Bertz CT molecular complexity index is 17.6. The fourth-order valence-corrected chi connectivity index (χ4v) is 0. The van der Waals surface area contributed by atoms with Gasteiger partial charge in [0, 0.05) is 0 Å². The highest BCUT2D eigenvalue weighted by atomic mass is 17.2. The molecule has 2 N–H and O–H groups in total. The molecule has 0 aromatic heterocycles. The minimum atomic E-state index is -2.17. The van der Waals surface area contributed by atoms with Gasteiger partial charge < -0.3 is 10.2 Å². The minimum Gasteiger partial charge on any atom is -0.344 e. The number of aliphatic hydroxyl groups excluding tert-OH is 1. The van der Waals surface area contributed by atoms with Crippen LogP contribution in [-0.4, -0.2) is 16.7 Å². The summed E-state index contributed by atoms with van der Waals surface area (Å²) in [6.45, 7) is -2.17. The molecule has 0 aliphatic carbocycles. The summed E-state index contributed by atoms with van der Waals surface area (Å²) in [5.41, 5.74) is 0. The quantitative estimate of drug-likeness (QED) is 0.231. The van der Waals surface area contributed by atoms with Crippen molar-refractivity contribution in [3.63, 3.8) is 0 Å². The van der Waals surface area contributed by atoms with Gasteiger partial charge in [-0.15, -0.1) is 4.89 Å². The molecule has 0 heterocycles. The third kappa shape index (κ3) is 3.84. The van der Waals surface area contributed by atoms with Crippen LogP contribution in [0.1, 0.15) is 0 Å². The van der Waals surface area contributed by atoms with E-state index in [1.165, 1.54) is 0 Å². The zero-order chi connectivity index (χ0) is 4.28. The van der Waals surface area contributed by atoms with Crippen LogP contribution >= 0.6 is 0 Å². The van der Waals surface area contributed by atoms with Crippen molar-refractivity contribution in [3.05, 3.63) is 0 Å². The van der Waals surface area contributed by atoms with Crippen LogP contribution in [0.25, 0.3) is 0 Å². The summed E-state index contributed by atoms with van der Waals surface area (Å²) in [5.74, 6) is 0. The molecule has 4 nitrogen and oxygen atoms in total. The van der Waals surface area contributed by atoms with Gasteiger partial charge in [-0.1, -0.05) is 0 Å². The number of hydrogen-bond acceptors (Lipinski definition) is 3. The Labute approximate surface area is 28.2 Å². The highest BCUT2D eigenvalue weighted by Crippen LogP contribution is 1.67. The van der Waals surface area contributed by atoms with Crippen molar-refractivity contribution in [3.8, 4) is 0 Å². The Hall–Kier alpha value is -0.160. The largest absolute Gasteiger partial charge is 0.344 e. The fourth-order valence-electron chi connectivity index (χ4n) is 0. The van der Waals surface area contributed by atoms with Gasteiger partial charge in [-0.3, -0.25) is 0 Å². The Morgan fingerprint density at radius 3 is 1.80 bits per heavy atom. The molecule has 0 fully saturated rings. The van der Waals surface area contributed by atoms with E-state index in [9.17, 15) is 0 Å². The molecule has 0 saturated carbocycles. The van der Waals surface area contributed by atoms with Gasteiger partial charge in [0.25, 0.3) is 6.48 Å². The molecule has 4 heteroatoms. The molecule has 0 unspecified atom stereocenters. The Kier molecular flexibility index (Phi) is 2.03. The first kappa shape index (κ1) is 4.84. The second-order valence-corrected chi connectivity index (χ2v) is 0.423. The zero-order valence-corrected chi connectivity index (χ0v) is 2.29. The standard InChI is InChI=1S/CH3O4/c2-1(3)5-4/h1-3H. The van der Waals surface area contributed by atoms with E-state index in [0.717, 1.165) is 0 Å². The summed E-state index contributed by atoms with van der Waals surface area (Å²) in [6.07, 6.45) is 0. The topological polar surface area (TPSA) is 69.6 Å². The molecule has 0 aromatic rings. The summed E-state index contributed by atoms with van der Waals surface area (Å²) in [7, 11) is 0. The van der Waals surface area contributed by atoms with Gasteiger partial charge in [0.1, 0.15) is 0 Å². The van der Waals surface area contributed by atoms with Crippen molar-refractivity contribution in [2.24, 2.45) is 0 Å². The summed E-state index contributed by atoms with van der Waals surface area (Å²) in [5, 5.41) is 23.4. The predicted octanol–water partition coefficient (Wildman–Crippen LogP) is -1.38. The number of hydrogen-bond donors (Lipinski definition) is 2. The van der Waals surface area contributed by atoms with Crippen molar-refractivity contribution >= 4 is 0 Å². The Balaban J connectivity index is 2.54. The van der Waals surface area contributed by atoms with Gasteiger partial charge in [-0.05, 0) is 5.26 Å². The van der Waals surface area contributed by atoms with Crippen molar-refractivity contribution < 1.29 is 20.4 Å². The molecule has 0 aliphatic rings. The summed E-state index contributed by atoms with van der Waals surface area (Å²) in [6, 6.07) is 0. The number of rotatable bonds is 1. The minimum absolute atomic E-state index is 2.17. The van der Waals surface area contributed by atoms with Gasteiger partial charge in [0.15, 0.2) is 0 Å². The van der Waals surface area contributed by atoms with Crippen LogP contribution in [-0.2, 0) is 10.1 Å². The van der Waals surface area contributed by atoms with Crippen molar-refractivity contribution in [2.75, 3.05) is 0 Å². The maximum atomic E-state index is 8.63. The third-order valence-electron chi connectivity index (χ3n) is 0.0861. The molecule has 0 saturated heterocycles. The van der Waals surface area contributed by atoms with Crippen molar-refractivity contribution in [1.82, 2.24) is 0 Å². The smallest absolute Gasteiger partial charge is 0.299 e. The molecular weight excluding hydrogens is 76.0 g/mol. The van der Waals surface area contributed by atoms with E-state index in [1.807, 2.05) is 0 Å². The summed E-state index contributed by atoms with van der Waals surface area (Å²) in [4.78, 5) is 2.61. The molecular formula is CH3O4. The lowest BCUT2D eigenvalue weighted by atomic mass is 11.4. The molecule has 0 amide bonds. The van der Waals surface area contributed by atoms with Crippen LogP contribution in [0.2, 0.25) is 0 Å². The third-order valence-corrected chi connectivity index (χ3v) is 0.0861. The normalized spacial score (nSPS) is 9.60. The first-order valence-corrected chi connectivity index (χ1v) is 0.919. The lowest BCUT2D eigenvalue weighted by Crippen LogP contribution is -2.04. The maximum Gasteiger partial charge on any atom is 0.299 e. The van der Waals surface area contributed by atoms with Crippen LogP contribution in [0.15, 0.2) is 0 Å². The average Bonchev–Trinajstić information content (AvgIpc) is 1.38. The van der Waals surface area contributed by atoms with Crippen LogP contribution in [0.4, 0.5) is 0 Å². The zero-order valence-electron chi connectivity index (χ0n) is 2.29. The van der Waals surface area contributed by atoms with E-state index < -0.39 is 6.48 Å². The van der Waals surface area contributed by atoms with Crippen LogP contribution in [0.5, 0.6) is 0 Å². The Morgan fingerprint density at radius 1 is 1.60 bits per heavy atom. The van der Waals surface area contributed by atoms with Gasteiger partial charge in [-0.2, -0.15) is 0 Å². The maximum absolute atomic E-state index is 8.63. The van der Waals surface area contributed by atoms with Crippen LogP contribution < -0.4 is 0 Å². The van der Waals surface area contributed by atoms with Crippen molar-refractivity contribution in [1.29, 1.82) is 0 Å². The SMILES string of the molecule is [O]OC(O)O. The first-order chi connectivity index (χ1) is 2.27. The van der Waals surface area contributed by atoms with Crippen molar-refractivity contribution in [2.45, 2.75) is 6.48 Å². The lowest BCUT2D eigenvalue weighted by molar-refractivity contribution is -0.436. The average molecular weight is 79.0 g/mol. The Morgan fingerprint density at radius 2 is 1.80 bits per heavy atom. The molecule has 31 valence electrons. The van der Waals surface area contributed by atoms with Gasteiger partial charge >= 0.3 is 0 Å². The monoisotopic (exact) mass is 79.0 g/mol. The van der Waals surface area contributed by atoms with Gasteiger partial charge in [-0.25, -0.2) is 0 Å². The molecule has 0 aromatic carbocycles. The molecule has 1 radical (unpaired) electrons. The van der Waals surface area contributed by atoms with E-state index in [0.29, 0.717) is 0 Å². The van der Waals surface area contributed by atoms with E-state index in [4.69, 9.17) is 15.5 Å². The predicted molar refractivity (Wildman–Crippen MR) is 10.00 cm³/mol. The van der Waals surface area contributed by atoms with Crippen LogP contribution in [0, 0.1) is 0 Å². The molecule has 0 aliphatic heterocycles. The molecule has 0 atom stereocenters.